The molecular weight excluding hydrogens is 602 g/mol. The zero-order valence-electron chi connectivity index (χ0n) is 27.0. The number of ether oxygens (including phenoxy) is 1. The Morgan fingerprint density at radius 3 is 2.53 bits per heavy atom. The molecule has 4 saturated carbocycles. The minimum absolute atomic E-state index is 0.0136. The lowest BCUT2D eigenvalue weighted by Crippen LogP contribution is -2.70. The first-order valence-corrected chi connectivity index (χ1v) is 16.9. The number of halogens is 2. The van der Waals surface area contributed by atoms with Crippen LogP contribution in [0.5, 0.6) is 5.75 Å². The summed E-state index contributed by atoms with van der Waals surface area (Å²) in [6.45, 7) is 2.54. The number of nitrogens with two attached hydrogens (primary N) is 1. The lowest BCUT2D eigenvalue weighted by molar-refractivity contribution is -0.214. The number of benzene rings is 2. The molecule has 0 radical (unpaired) electrons. The molecule has 2 aromatic heterocycles. The second-order valence-corrected chi connectivity index (χ2v) is 15.1. The molecule has 11 heteroatoms. The zero-order chi connectivity index (χ0) is 32.6. The molecule has 0 spiro atoms. The minimum atomic E-state index is -1.18. The quantitative estimate of drug-likeness (QED) is 0.263. The maximum atomic E-state index is 15.7. The van der Waals surface area contributed by atoms with Gasteiger partial charge in [-0.15, -0.1) is 0 Å². The van der Waals surface area contributed by atoms with Gasteiger partial charge in [0.25, 0.3) is 5.91 Å². The first-order valence-electron chi connectivity index (χ1n) is 16.9. The maximum Gasteiger partial charge on any atom is 0.254 e. The van der Waals surface area contributed by atoms with Crippen LogP contribution in [0.25, 0.3) is 33.5 Å². The molecule has 4 aliphatic carbocycles. The summed E-state index contributed by atoms with van der Waals surface area (Å²) in [6.07, 6.45) is 5.80. The Kier molecular flexibility index (Phi) is 6.07. The van der Waals surface area contributed by atoms with Crippen molar-refractivity contribution in [2.24, 2.45) is 24.1 Å². The van der Waals surface area contributed by atoms with Crippen LogP contribution in [0.3, 0.4) is 0 Å². The molecular formula is C36H40F2N6O3. The predicted molar refractivity (Wildman–Crippen MR) is 173 cm³/mol. The molecule has 0 unspecified atom stereocenters. The Labute approximate surface area is 271 Å². The third kappa shape index (κ3) is 4.24. The van der Waals surface area contributed by atoms with Crippen LogP contribution in [0, 0.1) is 17.2 Å². The highest BCUT2D eigenvalue weighted by atomic mass is 19.1. The number of carbonyl (C=O) groups excluding carboxylic acids is 2. The highest BCUT2D eigenvalue weighted by Gasteiger charge is 2.72. The number of carbonyl (C=O) groups is 2. The Bertz CT molecular complexity index is 1990. The van der Waals surface area contributed by atoms with E-state index in [1.807, 2.05) is 34.7 Å². The summed E-state index contributed by atoms with van der Waals surface area (Å²) in [5.41, 5.74) is 8.61. The molecule has 10 rings (SSSR count). The predicted octanol–water partition coefficient (Wildman–Crippen LogP) is 5.53. The molecule has 6 fully saturated rings. The van der Waals surface area contributed by atoms with Crippen molar-refractivity contribution in [2.45, 2.75) is 94.7 Å². The average molecular weight is 643 g/mol. The van der Waals surface area contributed by atoms with E-state index in [0.29, 0.717) is 34.1 Å². The first kappa shape index (κ1) is 29.2. The Morgan fingerprint density at radius 1 is 1.13 bits per heavy atom. The van der Waals surface area contributed by atoms with Gasteiger partial charge in [0.15, 0.2) is 5.82 Å². The van der Waals surface area contributed by atoms with E-state index < -0.39 is 22.9 Å². The lowest BCUT2D eigenvalue weighted by Gasteiger charge is -2.64. The Hall–Kier alpha value is -3.99. The highest BCUT2D eigenvalue weighted by Crippen LogP contribution is 2.69. The summed E-state index contributed by atoms with van der Waals surface area (Å²) < 4.78 is 39.8. The van der Waals surface area contributed by atoms with Gasteiger partial charge in [-0.1, -0.05) is 0 Å². The van der Waals surface area contributed by atoms with Gasteiger partial charge in [0.1, 0.15) is 22.8 Å². The van der Waals surface area contributed by atoms with Gasteiger partial charge >= 0.3 is 0 Å². The Morgan fingerprint density at radius 2 is 1.89 bits per heavy atom. The van der Waals surface area contributed by atoms with Crippen molar-refractivity contribution in [1.29, 1.82) is 0 Å². The summed E-state index contributed by atoms with van der Waals surface area (Å²) in [4.78, 5) is 33.8. The number of nitrogens with one attached hydrogen (secondary N) is 1. The molecule has 4 heterocycles. The third-order valence-corrected chi connectivity index (χ3v) is 11.9. The summed E-state index contributed by atoms with van der Waals surface area (Å²) in [5.74, 6) is 1.14. The van der Waals surface area contributed by atoms with E-state index >= 15 is 4.39 Å². The number of hydrogen-bond acceptors (Lipinski definition) is 5. The highest BCUT2D eigenvalue weighted by molar-refractivity contribution is 6.01. The van der Waals surface area contributed by atoms with Crippen molar-refractivity contribution < 1.29 is 23.1 Å². The van der Waals surface area contributed by atoms with E-state index in [-0.39, 0.29) is 49.2 Å². The van der Waals surface area contributed by atoms with Crippen molar-refractivity contribution in [1.82, 2.24) is 24.3 Å². The second kappa shape index (κ2) is 9.78. The number of hydrogen-bond donors (Lipinski definition) is 2. The summed E-state index contributed by atoms with van der Waals surface area (Å²) in [7, 11) is 3.53. The fourth-order valence-corrected chi connectivity index (χ4v) is 9.22. The number of imidazole rings is 1. The number of alkyl halides is 1. The van der Waals surface area contributed by atoms with Crippen molar-refractivity contribution in [2.75, 3.05) is 7.11 Å². The van der Waals surface area contributed by atoms with Crippen LogP contribution in [0.4, 0.5) is 8.78 Å². The Balaban J connectivity index is 1.10. The van der Waals surface area contributed by atoms with E-state index in [2.05, 4.69) is 9.88 Å². The first-order chi connectivity index (χ1) is 22.5. The van der Waals surface area contributed by atoms with Gasteiger partial charge in [0, 0.05) is 53.7 Å². The number of aromatic nitrogens is 3. The normalized spacial score (nSPS) is 29.7. The van der Waals surface area contributed by atoms with Crippen LogP contribution in [-0.4, -0.2) is 61.7 Å². The van der Waals surface area contributed by atoms with E-state index in [1.165, 1.54) is 6.07 Å². The van der Waals surface area contributed by atoms with E-state index in [4.69, 9.17) is 15.5 Å². The van der Waals surface area contributed by atoms with E-state index in [1.54, 1.807) is 20.1 Å². The van der Waals surface area contributed by atoms with Gasteiger partial charge in [-0.2, -0.15) is 0 Å². The molecule has 2 aromatic carbocycles. The molecule has 2 saturated heterocycles. The molecule has 4 aromatic rings. The SMILES string of the molecule is COc1cc(C(=O)N2[C@H]3CC[C@@H]2[C@H](N)C3)cc2nc(-c3cc4cc(F)c([C@@H](C)NC(=O)C56CC(F)(C5)C6)cc4n3CC3CC3)n(C)c12. The molecule has 4 bridgehead atoms. The van der Waals surface area contributed by atoms with Crippen LogP contribution in [-0.2, 0) is 18.4 Å². The van der Waals surface area contributed by atoms with Gasteiger partial charge in [-0.05, 0) is 94.5 Å². The van der Waals surface area contributed by atoms with E-state index in [0.717, 1.165) is 60.8 Å². The fraction of sp³-hybridized carbons (Fsp3) is 0.528. The van der Waals surface area contributed by atoms with Crippen LogP contribution < -0.4 is 15.8 Å². The maximum absolute atomic E-state index is 15.7. The van der Waals surface area contributed by atoms with Gasteiger partial charge < -0.3 is 29.8 Å². The lowest BCUT2D eigenvalue weighted by atomic mass is 9.42. The molecule has 4 atom stereocenters. The number of nitrogens with zero attached hydrogens (tertiary/aromatic N) is 4. The zero-order valence-corrected chi connectivity index (χ0v) is 27.0. The van der Waals surface area contributed by atoms with Gasteiger partial charge in [0.05, 0.1) is 29.8 Å². The van der Waals surface area contributed by atoms with Gasteiger partial charge in [-0.3, -0.25) is 9.59 Å². The van der Waals surface area contributed by atoms with Crippen molar-refractivity contribution in [3.63, 3.8) is 0 Å². The fourth-order valence-electron chi connectivity index (χ4n) is 9.22. The average Bonchev–Trinajstić information content (AvgIpc) is 3.34. The molecule has 3 N–H and O–H groups in total. The van der Waals surface area contributed by atoms with Gasteiger partial charge in [-0.25, -0.2) is 13.8 Å². The molecule has 2 amide bonds. The third-order valence-electron chi connectivity index (χ3n) is 11.9. The molecule has 246 valence electrons. The molecule has 6 aliphatic rings. The standard InChI is InChI=1S/C36H40F2N6O3/c1-18(40-34(46)35-15-36(38,16-35)17-35)23-13-28-20(8-24(23)37)10-29(43(28)14-19-4-5-19)32-41-26-9-21(11-30(47-3)31(26)42(32)2)33(45)44-22-6-7-27(44)25(39)12-22/h8-11,13,18-19,22,25,27H,4-7,12,14-17,39H2,1-3H3,(H,40,46)/t18-,22+,25-,27-,35?,36?/m1/s1. The van der Waals surface area contributed by atoms with E-state index in [9.17, 15) is 14.0 Å². The number of amides is 2. The smallest absolute Gasteiger partial charge is 0.254 e. The largest absolute Gasteiger partial charge is 0.494 e. The number of aryl methyl sites for hydroxylation is 1. The van der Waals surface area contributed by atoms with Crippen molar-refractivity contribution in [3.05, 3.63) is 47.3 Å². The monoisotopic (exact) mass is 642 g/mol. The van der Waals surface area contributed by atoms with Crippen LogP contribution >= 0.6 is 0 Å². The molecule has 9 nitrogen and oxygen atoms in total. The summed E-state index contributed by atoms with van der Waals surface area (Å²) >= 11 is 0. The van der Waals surface area contributed by atoms with Crippen LogP contribution in [0.1, 0.15) is 80.3 Å². The van der Waals surface area contributed by atoms with Crippen LogP contribution in [0.2, 0.25) is 0 Å². The molecule has 47 heavy (non-hydrogen) atoms. The van der Waals surface area contributed by atoms with Crippen molar-refractivity contribution >= 4 is 33.8 Å². The number of methoxy groups -OCH3 is 1. The second-order valence-electron chi connectivity index (χ2n) is 15.1. The summed E-state index contributed by atoms with van der Waals surface area (Å²) in [6, 6.07) is 8.69. The number of rotatable bonds is 8. The van der Waals surface area contributed by atoms with Crippen molar-refractivity contribution in [3.8, 4) is 17.3 Å². The van der Waals surface area contributed by atoms with Crippen LogP contribution in [0.15, 0.2) is 30.3 Å². The number of fused-ring (bicyclic) bond motifs is 4. The molecule has 2 aliphatic heterocycles. The topological polar surface area (TPSA) is 107 Å². The minimum Gasteiger partial charge on any atom is -0.494 e. The van der Waals surface area contributed by atoms with Gasteiger partial charge in [0.2, 0.25) is 5.91 Å². The summed E-state index contributed by atoms with van der Waals surface area (Å²) in [5, 5.41) is 3.72.